The molecule has 0 aliphatic carbocycles. The predicted octanol–water partition coefficient (Wildman–Crippen LogP) is 4.88. The van der Waals surface area contributed by atoms with Gasteiger partial charge in [-0.1, -0.05) is 36.4 Å². The second-order valence-electron chi connectivity index (χ2n) is 5.88. The Morgan fingerprint density at radius 3 is 2.31 bits per heavy atom. The third-order valence-corrected chi connectivity index (χ3v) is 4.21. The molecule has 1 heterocycles. The third kappa shape index (κ3) is 2.86. The third-order valence-electron chi connectivity index (χ3n) is 4.21. The number of fused-ring (bicyclic) bond motifs is 1. The molecule has 1 amide bonds. The first kappa shape index (κ1) is 16.1. The largest absolute Gasteiger partial charge is 0.494 e. The van der Waals surface area contributed by atoms with Gasteiger partial charge in [-0.25, -0.2) is 4.99 Å². The number of anilines is 2. The van der Waals surface area contributed by atoms with Gasteiger partial charge in [-0.3, -0.25) is 9.69 Å². The van der Waals surface area contributed by atoms with Crippen molar-refractivity contribution in [3.63, 3.8) is 0 Å². The van der Waals surface area contributed by atoms with E-state index in [1.165, 1.54) is 0 Å². The molecular formula is C22H18N2O2. The Morgan fingerprint density at radius 2 is 1.58 bits per heavy atom. The van der Waals surface area contributed by atoms with Gasteiger partial charge in [0.15, 0.2) is 0 Å². The maximum Gasteiger partial charge on any atom is 0.282 e. The molecule has 0 aromatic heterocycles. The fourth-order valence-electron chi connectivity index (χ4n) is 3.05. The van der Waals surface area contributed by atoms with Crippen molar-refractivity contribution >= 4 is 28.7 Å². The van der Waals surface area contributed by atoms with E-state index in [-0.39, 0.29) is 5.91 Å². The minimum atomic E-state index is -0.119. The second kappa shape index (κ2) is 6.84. The summed E-state index contributed by atoms with van der Waals surface area (Å²) < 4.78 is 5.46. The SMILES string of the molecule is CCOc1ccc(/N=C2/C(=O)N(c3ccccc3)c3ccccc32)cc1. The maximum atomic E-state index is 13.1. The van der Waals surface area contributed by atoms with Gasteiger partial charge in [-0.05, 0) is 49.4 Å². The highest BCUT2D eigenvalue weighted by Crippen LogP contribution is 2.36. The van der Waals surface area contributed by atoms with Crippen LogP contribution < -0.4 is 9.64 Å². The molecule has 4 rings (SSSR count). The Hall–Kier alpha value is -3.40. The van der Waals surface area contributed by atoms with Crippen molar-refractivity contribution in [2.45, 2.75) is 6.92 Å². The molecule has 0 fully saturated rings. The molecule has 3 aromatic rings. The highest BCUT2D eigenvalue weighted by atomic mass is 16.5. The average molecular weight is 342 g/mol. The molecular weight excluding hydrogens is 324 g/mol. The summed E-state index contributed by atoms with van der Waals surface area (Å²) >= 11 is 0. The molecule has 0 spiro atoms. The molecule has 1 aliphatic heterocycles. The monoisotopic (exact) mass is 342 g/mol. The van der Waals surface area contributed by atoms with E-state index < -0.39 is 0 Å². The zero-order valence-electron chi connectivity index (χ0n) is 14.4. The molecule has 1 aliphatic rings. The van der Waals surface area contributed by atoms with E-state index in [4.69, 9.17) is 4.74 Å². The molecule has 0 radical (unpaired) electrons. The van der Waals surface area contributed by atoms with Gasteiger partial charge >= 0.3 is 0 Å². The highest BCUT2D eigenvalue weighted by molar-refractivity contribution is 6.56. The number of para-hydroxylation sites is 2. The molecule has 0 saturated heterocycles. The van der Waals surface area contributed by atoms with Crippen molar-refractivity contribution < 1.29 is 9.53 Å². The number of amides is 1. The van der Waals surface area contributed by atoms with Crippen LogP contribution in [0.2, 0.25) is 0 Å². The van der Waals surface area contributed by atoms with Gasteiger partial charge in [0, 0.05) is 11.3 Å². The van der Waals surface area contributed by atoms with Crippen LogP contribution in [-0.2, 0) is 4.79 Å². The number of hydrogen-bond donors (Lipinski definition) is 0. The van der Waals surface area contributed by atoms with Crippen LogP contribution in [0.25, 0.3) is 0 Å². The Kier molecular flexibility index (Phi) is 4.23. The Bertz CT molecular complexity index is 963. The number of carbonyl (C=O) groups is 1. The summed E-state index contributed by atoms with van der Waals surface area (Å²) in [7, 11) is 0. The van der Waals surface area contributed by atoms with Crippen LogP contribution >= 0.6 is 0 Å². The molecule has 4 heteroatoms. The van der Waals surface area contributed by atoms with E-state index in [1.54, 1.807) is 4.90 Å². The van der Waals surface area contributed by atoms with Crippen LogP contribution in [0.5, 0.6) is 5.75 Å². The molecule has 4 nitrogen and oxygen atoms in total. The second-order valence-corrected chi connectivity index (χ2v) is 5.88. The molecule has 0 unspecified atom stereocenters. The van der Waals surface area contributed by atoms with E-state index >= 15 is 0 Å². The van der Waals surface area contributed by atoms with E-state index in [9.17, 15) is 4.79 Å². The maximum absolute atomic E-state index is 13.1. The van der Waals surface area contributed by atoms with E-state index in [1.807, 2.05) is 85.8 Å². The van der Waals surface area contributed by atoms with Crippen LogP contribution in [0, 0.1) is 0 Å². The molecule has 0 N–H and O–H groups in total. The van der Waals surface area contributed by atoms with Crippen LogP contribution in [0.15, 0.2) is 83.9 Å². The lowest BCUT2D eigenvalue weighted by molar-refractivity contribution is -0.111. The van der Waals surface area contributed by atoms with Crippen LogP contribution in [0.3, 0.4) is 0 Å². The lowest BCUT2D eigenvalue weighted by atomic mass is 10.1. The molecule has 128 valence electrons. The Balaban J connectivity index is 1.76. The molecule has 26 heavy (non-hydrogen) atoms. The van der Waals surface area contributed by atoms with Crippen LogP contribution in [0.4, 0.5) is 17.1 Å². The fraction of sp³-hybridized carbons (Fsp3) is 0.0909. The van der Waals surface area contributed by atoms with E-state index in [0.29, 0.717) is 12.3 Å². The summed E-state index contributed by atoms with van der Waals surface area (Å²) in [4.78, 5) is 19.4. The van der Waals surface area contributed by atoms with Crippen molar-refractivity contribution in [2.75, 3.05) is 11.5 Å². The highest BCUT2D eigenvalue weighted by Gasteiger charge is 2.34. The first-order chi connectivity index (χ1) is 12.8. The van der Waals surface area contributed by atoms with E-state index in [0.717, 1.165) is 28.4 Å². The van der Waals surface area contributed by atoms with Gasteiger partial charge in [0.2, 0.25) is 0 Å². The van der Waals surface area contributed by atoms with Crippen LogP contribution in [-0.4, -0.2) is 18.2 Å². The topological polar surface area (TPSA) is 41.9 Å². The Labute approximate surface area is 152 Å². The summed E-state index contributed by atoms with van der Waals surface area (Å²) in [5, 5.41) is 0. The zero-order chi connectivity index (χ0) is 17.9. The van der Waals surface area contributed by atoms with Crippen molar-refractivity contribution in [1.82, 2.24) is 0 Å². The minimum Gasteiger partial charge on any atom is -0.494 e. The molecule has 0 atom stereocenters. The average Bonchev–Trinajstić information content (AvgIpc) is 2.96. The van der Waals surface area contributed by atoms with Gasteiger partial charge in [0.05, 0.1) is 18.0 Å². The smallest absolute Gasteiger partial charge is 0.282 e. The van der Waals surface area contributed by atoms with Crippen LogP contribution in [0.1, 0.15) is 12.5 Å². The first-order valence-corrected chi connectivity index (χ1v) is 8.58. The van der Waals surface area contributed by atoms with Gasteiger partial charge in [-0.2, -0.15) is 0 Å². The summed E-state index contributed by atoms with van der Waals surface area (Å²) in [6.07, 6.45) is 0. The van der Waals surface area contributed by atoms with Gasteiger partial charge < -0.3 is 4.74 Å². The normalized spacial score (nSPS) is 14.6. The van der Waals surface area contributed by atoms with Gasteiger partial charge in [-0.15, -0.1) is 0 Å². The zero-order valence-corrected chi connectivity index (χ0v) is 14.4. The minimum absolute atomic E-state index is 0.119. The summed E-state index contributed by atoms with van der Waals surface area (Å²) in [6, 6.07) is 24.8. The van der Waals surface area contributed by atoms with Crippen molar-refractivity contribution in [2.24, 2.45) is 4.99 Å². The standard InChI is InChI=1S/C22H18N2O2/c1-2-26-18-14-12-16(13-15-18)23-21-19-10-6-7-11-20(19)24(22(21)25)17-8-4-3-5-9-17/h3-15H,2H2,1H3/b23-21+. The summed E-state index contributed by atoms with van der Waals surface area (Å²) in [5.41, 5.74) is 3.71. The van der Waals surface area contributed by atoms with Crippen molar-refractivity contribution in [3.05, 3.63) is 84.4 Å². The lowest BCUT2D eigenvalue weighted by Gasteiger charge is -2.16. The van der Waals surface area contributed by atoms with Crippen molar-refractivity contribution in [1.29, 1.82) is 0 Å². The Morgan fingerprint density at radius 1 is 0.885 bits per heavy atom. The number of carbonyl (C=O) groups excluding carboxylic acids is 1. The molecule has 3 aromatic carbocycles. The number of aliphatic imine (C=N–C) groups is 1. The van der Waals surface area contributed by atoms with E-state index in [2.05, 4.69) is 4.99 Å². The first-order valence-electron chi connectivity index (χ1n) is 8.58. The molecule has 0 bridgehead atoms. The van der Waals surface area contributed by atoms with Crippen molar-refractivity contribution in [3.8, 4) is 5.75 Å². The summed E-state index contributed by atoms with van der Waals surface area (Å²) in [5.74, 6) is 0.673. The quantitative estimate of drug-likeness (QED) is 0.678. The summed E-state index contributed by atoms with van der Waals surface area (Å²) in [6.45, 7) is 2.56. The molecule has 0 saturated carbocycles. The number of nitrogens with zero attached hydrogens (tertiary/aromatic N) is 2. The number of rotatable bonds is 4. The lowest BCUT2D eigenvalue weighted by Crippen LogP contribution is -2.25. The fourth-order valence-corrected chi connectivity index (χ4v) is 3.05. The number of hydrogen-bond acceptors (Lipinski definition) is 3. The number of ether oxygens (including phenoxy) is 1. The van der Waals surface area contributed by atoms with Gasteiger partial charge in [0.1, 0.15) is 11.5 Å². The number of benzene rings is 3. The van der Waals surface area contributed by atoms with Gasteiger partial charge in [0.25, 0.3) is 5.91 Å². The predicted molar refractivity (Wildman–Crippen MR) is 104 cm³/mol.